The van der Waals surface area contributed by atoms with Crippen molar-refractivity contribution in [2.75, 3.05) is 0 Å². The molecule has 0 aliphatic heterocycles. The maximum absolute atomic E-state index is 12.1. The lowest BCUT2D eigenvalue weighted by Crippen LogP contribution is -2.30. The van der Waals surface area contributed by atoms with Gasteiger partial charge in [-0.1, -0.05) is 58.0 Å². The average molecular weight is 414 g/mol. The predicted molar refractivity (Wildman–Crippen MR) is 123 cm³/mol. The van der Waals surface area contributed by atoms with Crippen molar-refractivity contribution in [1.82, 2.24) is 4.98 Å². The highest BCUT2D eigenvalue weighted by atomic mass is 16.2. The molecule has 0 N–H and O–H groups in total. The van der Waals surface area contributed by atoms with E-state index in [2.05, 4.69) is 65.0 Å². The van der Waals surface area contributed by atoms with E-state index in [1.54, 1.807) is 6.20 Å². The third kappa shape index (κ3) is 3.04. The molecule has 0 atom stereocenters. The van der Waals surface area contributed by atoms with Gasteiger partial charge in [-0.25, -0.2) is 0 Å². The third-order valence-electron chi connectivity index (χ3n) is 7.81. The first-order valence-corrected chi connectivity index (χ1v) is 11.4. The molecule has 160 valence electrons. The Morgan fingerprint density at radius 2 is 1.42 bits per heavy atom. The molecule has 0 unspecified atom stereocenters. The van der Waals surface area contributed by atoms with Crippen LogP contribution in [0.4, 0.5) is 0 Å². The number of hydrogen-bond donors (Lipinski definition) is 0. The minimum atomic E-state index is -0.600. The quantitative estimate of drug-likeness (QED) is 0.485. The van der Waals surface area contributed by atoms with E-state index in [0.717, 1.165) is 24.1 Å². The summed E-state index contributed by atoms with van der Waals surface area (Å²) in [4.78, 5) is 29.1. The van der Waals surface area contributed by atoms with Crippen molar-refractivity contribution in [2.24, 2.45) is 0 Å². The first kappa shape index (κ1) is 20.4. The van der Waals surface area contributed by atoms with Gasteiger partial charge in [0.25, 0.3) is 0 Å². The first-order chi connectivity index (χ1) is 14.6. The molecule has 5 rings (SSSR count). The number of carbonyl (C=O) groups is 2. The lowest BCUT2D eigenvalue weighted by atomic mass is 9.66. The number of benzene rings is 1. The van der Waals surface area contributed by atoms with Crippen LogP contribution in [-0.4, -0.2) is 16.6 Å². The van der Waals surface area contributed by atoms with Crippen molar-refractivity contribution in [1.29, 1.82) is 0 Å². The minimum Gasteiger partial charge on any atom is -0.299 e. The molecule has 3 nitrogen and oxygen atoms in total. The Hall–Kier alpha value is -2.55. The molecule has 0 spiro atoms. The van der Waals surface area contributed by atoms with Crippen LogP contribution in [-0.2, 0) is 25.8 Å². The Kier molecular flexibility index (Phi) is 4.25. The van der Waals surface area contributed by atoms with Gasteiger partial charge in [-0.15, -0.1) is 0 Å². The lowest BCUT2D eigenvalue weighted by Gasteiger charge is -2.38. The molecule has 31 heavy (non-hydrogen) atoms. The Morgan fingerprint density at radius 3 is 1.94 bits per heavy atom. The molecule has 1 aromatic heterocycles. The summed E-state index contributed by atoms with van der Waals surface area (Å²) < 4.78 is 0. The molecule has 0 radical (unpaired) electrons. The molecule has 3 aliphatic rings. The summed E-state index contributed by atoms with van der Waals surface area (Å²) >= 11 is 0. The third-order valence-corrected chi connectivity index (χ3v) is 7.81. The van der Waals surface area contributed by atoms with Gasteiger partial charge in [0, 0.05) is 35.3 Å². The number of hydrogen-bond acceptors (Lipinski definition) is 3. The topological polar surface area (TPSA) is 47.0 Å². The fraction of sp³-hybridized carbons (Fsp3) is 0.464. The number of nitrogens with zero attached hydrogens (tertiary/aromatic N) is 1. The standard InChI is InChI=1S/C28H31NO2/c1-17-14-20-21(27(4,5)11-10-26(20,2)3)15-19(17)28(12-13-28)24-9-6-18(16-29-24)25-22(30)7-8-23(25)31/h6,9-11,14-16,25H,7-8,12-13H2,1-5H3. The monoisotopic (exact) mass is 413 g/mol. The van der Waals surface area contributed by atoms with Crippen molar-refractivity contribution in [3.8, 4) is 0 Å². The summed E-state index contributed by atoms with van der Waals surface area (Å²) in [5.41, 5.74) is 7.31. The molecular weight excluding hydrogens is 382 g/mol. The predicted octanol–water partition coefficient (Wildman–Crippen LogP) is 5.61. The zero-order valence-electron chi connectivity index (χ0n) is 19.2. The number of Topliss-reactive ketones (excluding diaryl/α,β-unsaturated/α-hetero) is 2. The molecule has 0 bridgehead atoms. The second kappa shape index (κ2) is 6.48. The summed E-state index contributed by atoms with van der Waals surface area (Å²) in [6.45, 7) is 11.4. The fourth-order valence-corrected chi connectivity index (χ4v) is 5.62. The highest BCUT2D eigenvalue weighted by Gasteiger charge is 2.49. The van der Waals surface area contributed by atoms with Crippen molar-refractivity contribution < 1.29 is 9.59 Å². The van der Waals surface area contributed by atoms with Crippen LogP contribution in [0.15, 0.2) is 42.6 Å². The van der Waals surface area contributed by atoms with E-state index in [1.165, 1.54) is 22.3 Å². The second-order valence-corrected chi connectivity index (χ2v) is 10.9. The van der Waals surface area contributed by atoms with Crippen LogP contribution in [0.5, 0.6) is 0 Å². The van der Waals surface area contributed by atoms with E-state index in [1.807, 2.05) is 6.07 Å². The van der Waals surface area contributed by atoms with Crippen LogP contribution in [0.25, 0.3) is 0 Å². The lowest BCUT2D eigenvalue weighted by molar-refractivity contribution is -0.123. The van der Waals surface area contributed by atoms with Gasteiger partial charge in [0.05, 0.1) is 5.69 Å². The first-order valence-electron chi connectivity index (χ1n) is 11.4. The molecule has 1 aromatic carbocycles. The molecule has 0 saturated heterocycles. The summed E-state index contributed by atoms with van der Waals surface area (Å²) in [6, 6.07) is 8.83. The summed E-state index contributed by atoms with van der Waals surface area (Å²) in [5, 5.41) is 0. The van der Waals surface area contributed by atoms with Crippen molar-refractivity contribution in [3.63, 3.8) is 0 Å². The van der Waals surface area contributed by atoms with E-state index in [-0.39, 0.29) is 27.8 Å². The number of carbonyl (C=O) groups excluding carboxylic acids is 2. The van der Waals surface area contributed by atoms with E-state index in [4.69, 9.17) is 4.98 Å². The minimum absolute atomic E-state index is 0.00384. The van der Waals surface area contributed by atoms with Gasteiger partial charge in [-0.3, -0.25) is 14.6 Å². The van der Waals surface area contributed by atoms with Crippen LogP contribution in [0.2, 0.25) is 0 Å². The van der Waals surface area contributed by atoms with Gasteiger partial charge in [-0.2, -0.15) is 0 Å². The van der Waals surface area contributed by atoms with Gasteiger partial charge in [0.1, 0.15) is 17.5 Å². The zero-order valence-corrected chi connectivity index (χ0v) is 19.2. The fourth-order valence-electron chi connectivity index (χ4n) is 5.62. The molecule has 0 amide bonds. The van der Waals surface area contributed by atoms with E-state index in [0.29, 0.717) is 12.8 Å². The number of fused-ring (bicyclic) bond motifs is 1. The number of allylic oxidation sites excluding steroid dienone is 2. The van der Waals surface area contributed by atoms with Crippen LogP contribution in [0.3, 0.4) is 0 Å². The highest BCUT2D eigenvalue weighted by Crippen LogP contribution is 2.55. The Morgan fingerprint density at radius 1 is 0.839 bits per heavy atom. The summed E-state index contributed by atoms with van der Waals surface area (Å²) in [5.74, 6) is -0.537. The van der Waals surface area contributed by atoms with Crippen LogP contribution < -0.4 is 0 Å². The number of aromatic nitrogens is 1. The van der Waals surface area contributed by atoms with E-state index >= 15 is 0 Å². The number of rotatable bonds is 3. The van der Waals surface area contributed by atoms with Crippen LogP contribution in [0, 0.1) is 6.92 Å². The Bertz CT molecular complexity index is 1110. The van der Waals surface area contributed by atoms with Gasteiger partial charge < -0.3 is 0 Å². The average Bonchev–Trinajstić information content (AvgIpc) is 3.45. The van der Waals surface area contributed by atoms with Crippen molar-refractivity contribution in [3.05, 3.63) is 76.1 Å². The molecule has 3 aliphatic carbocycles. The van der Waals surface area contributed by atoms with Gasteiger partial charge in [0.2, 0.25) is 0 Å². The van der Waals surface area contributed by atoms with Gasteiger partial charge >= 0.3 is 0 Å². The number of aryl methyl sites for hydroxylation is 1. The molecule has 2 aromatic rings. The normalized spacial score (nSPS) is 23.1. The zero-order chi connectivity index (χ0) is 22.2. The van der Waals surface area contributed by atoms with Crippen molar-refractivity contribution >= 4 is 11.6 Å². The van der Waals surface area contributed by atoms with Crippen molar-refractivity contribution in [2.45, 2.75) is 82.5 Å². The number of pyridine rings is 1. The van der Waals surface area contributed by atoms with Crippen LogP contribution >= 0.6 is 0 Å². The van der Waals surface area contributed by atoms with Gasteiger partial charge in [0.15, 0.2) is 0 Å². The maximum Gasteiger partial charge on any atom is 0.148 e. The van der Waals surface area contributed by atoms with E-state index in [9.17, 15) is 9.59 Å². The SMILES string of the molecule is Cc1cc2c(cc1C1(c3ccc(C4C(=O)CCC4=O)cn3)CC1)C(C)(C)C=CC2(C)C. The summed E-state index contributed by atoms with van der Waals surface area (Å²) in [7, 11) is 0. The largest absolute Gasteiger partial charge is 0.299 e. The molecule has 1 heterocycles. The number of ketones is 2. The second-order valence-electron chi connectivity index (χ2n) is 10.9. The molecule has 2 fully saturated rings. The highest BCUT2D eigenvalue weighted by molar-refractivity contribution is 6.13. The Labute approximate surface area is 185 Å². The summed E-state index contributed by atoms with van der Waals surface area (Å²) in [6.07, 6.45) is 9.35. The van der Waals surface area contributed by atoms with Crippen LogP contribution in [0.1, 0.15) is 92.8 Å². The van der Waals surface area contributed by atoms with E-state index < -0.39 is 5.92 Å². The molecular formula is C28H31NO2. The molecule has 3 heteroatoms. The van der Waals surface area contributed by atoms with Gasteiger partial charge in [-0.05, 0) is 53.6 Å². The maximum atomic E-state index is 12.1. The Balaban J connectivity index is 1.56. The smallest absolute Gasteiger partial charge is 0.148 e. The molecule has 2 saturated carbocycles.